The molecule has 0 radical (unpaired) electrons. The Morgan fingerprint density at radius 1 is 1.38 bits per heavy atom. The lowest BCUT2D eigenvalue weighted by atomic mass is 10.1. The van der Waals surface area contributed by atoms with E-state index >= 15 is 0 Å². The summed E-state index contributed by atoms with van der Waals surface area (Å²) in [5.74, 6) is 0.380. The van der Waals surface area contributed by atoms with E-state index in [0.29, 0.717) is 18.7 Å². The average Bonchev–Trinajstić information content (AvgIpc) is 2.20. The van der Waals surface area contributed by atoms with Crippen molar-refractivity contribution in [3.63, 3.8) is 0 Å². The van der Waals surface area contributed by atoms with Crippen molar-refractivity contribution in [3.05, 3.63) is 0 Å². The van der Waals surface area contributed by atoms with Crippen LogP contribution in [0.15, 0.2) is 0 Å². The minimum Gasteiger partial charge on any atom is -0.343 e. The Morgan fingerprint density at radius 2 is 2.00 bits per heavy atom. The zero-order valence-corrected chi connectivity index (χ0v) is 10.7. The number of hydrogen-bond acceptors (Lipinski definition) is 3. The lowest BCUT2D eigenvalue weighted by molar-refractivity contribution is -0.148. The maximum absolute atomic E-state index is 11.8. The van der Waals surface area contributed by atoms with Crippen LogP contribution in [-0.4, -0.2) is 51.6 Å². The van der Waals surface area contributed by atoms with E-state index in [9.17, 15) is 13.8 Å². The van der Waals surface area contributed by atoms with E-state index < -0.39 is 22.9 Å². The summed E-state index contributed by atoms with van der Waals surface area (Å²) >= 11 is 0. The fourth-order valence-electron chi connectivity index (χ4n) is 1.72. The summed E-state index contributed by atoms with van der Waals surface area (Å²) in [6, 6.07) is -0.871. The zero-order chi connectivity index (χ0) is 12.3. The van der Waals surface area contributed by atoms with E-state index in [1.165, 1.54) is 0 Å². The highest BCUT2D eigenvalue weighted by Crippen LogP contribution is 2.10. The van der Waals surface area contributed by atoms with Gasteiger partial charge in [-0.25, -0.2) is 0 Å². The van der Waals surface area contributed by atoms with Gasteiger partial charge in [-0.2, -0.15) is 0 Å². The molecule has 1 saturated heterocycles. The highest BCUT2D eigenvalue weighted by Gasteiger charge is 2.35. The van der Waals surface area contributed by atoms with Gasteiger partial charge in [0.05, 0.1) is 0 Å². The molecule has 0 spiro atoms. The maximum atomic E-state index is 11.8. The molecule has 2 amide bonds. The number of carbonyl (C=O) groups excluding carboxylic acids is 2. The molecule has 3 unspecified atom stereocenters. The van der Waals surface area contributed by atoms with Crippen LogP contribution >= 0.6 is 0 Å². The Morgan fingerprint density at radius 3 is 2.56 bits per heavy atom. The summed E-state index contributed by atoms with van der Waals surface area (Å²) < 4.78 is 10.9. The number of carbonyl (C=O) groups is 2. The van der Waals surface area contributed by atoms with Gasteiger partial charge in [0.1, 0.15) is 12.1 Å². The lowest BCUT2D eigenvalue weighted by Gasteiger charge is -2.36. The van der Waals surface area contributed by atoms with Gasteiger partial charge < -0.3 is 10.2 Å². The second-order valence-electron chi connectivity index (χ2n) is 4.07. The van der Waals surface area contributed by atoms with Gasteiger partial charge in [0.15, 0.2) is 0 Å². The number of piperazine rings is 1. The van der Waals surface area contributed by atoms with Gasteiger partial charge in [0, 0.05) is 29.4 Å². The van der Waals surface area contributed by atoms with Crippen LogP contribution in [-0.2, 0) is 20.4 Å². The van der Waals surface area contributed by atoms with E-state index in [2.05, 4.69) is 5.32 Å². The van der Waals surface area contributed by atoms with Crippen LogP contribution < -0.4 is 5.32 Å². The standard InChI is InChI=1S/C10H18N2O3S/c1-7-10(14)12(5-4-6-16(3)15)8(2)9(13)11-7/h7-8H,4-6H2,1-3H3,(H,11,13). The Kier molecular flexibility index (Phi) is 4.46. The van der Waals surface area contributed by atoms with Gasteiger partial charge in [-0.05, 0) is 20.3 Å². The van der Waals surface area contributed by atoms with Crippen molar-refractivity contribution in [2.24, 2.45) is 0 Å². The number of nitrogens with one attached hydrogen (secondary N) is 1. The summed E-state index contributed by atoms with van der Waals surface area (Å²) in [7, 11) is -0.848. The largest absolute Gasteiger partial charge is 0.343 e. The minimum absolute atomic E-state index is 0.0611. The third-order valence-electron chi connectivity index (χ3n) is 2.69. The van der Waals surface area contributed by atoms with Crippen LogP contribution in [0.3, 0.4) is 0 Å². The molecule has 0 aromatic heterocycles. The monoisotopic (exact) mass is 246 g/mol. The molecule has 1 N–H and O–H groups in total. The summed E-state index contributed by atoms with van der Waals surface area (Å²) in [6.45, 7) is 3.89. The highest BCUT2D eigenvalue weighted by atomic mass is 32.2. The molecule has 1 rings (SSSR count). The molecular formula is C10H18N2O3S. The minimum atomic E-state index is -0.848. The summed E-state index contributed by atoms with van der Waals surface area (Å²) in [5.41, 5.74) is 0. The first-order valence-electron chi connectivity index (χ1n) is 5.34. The quantitative estimate of drug-likeness (QED) is 0.726. The van der Waals surface area contributed by atoms with Crippen molar-refractivity contribution >= 4 is 22.6 Å². The SMILES string of the molecule is CC1NC(=O)C(C)N(CCCS(C)=O)C1=O. The molecule has 0 aromatic rings. The summed E-state index contributed by atoms with van der Waals surface area (Å²) in [5, 5.41) is 2.62. The van der Waals surface area contributed by atoms with E-state index in [-0.39, 0.29) is 11.8 Å². The van der Waals surface area contributed by atoms with Crippen molar-refractivity contribution in [1.82, 2.24) is 10.2 Å². The maximum Gasteiger partial charge on any atom is 0.245 e. The van der Waals surface area contributed by atoms with Crippen LogP contribution in [0.4, 0.5) is 0 Å². The number of hydrogen-bond donors (Lipinski definition) is 1. The molecule has 0 aromatic carbocycles. The molecular weight excluding hydrogens is 228 g/mol. The van der Waals surface area contributed by atoms with Crippen LogP contribution in [0.2, 0.25) is 0 Å². The highest BCUT2D eigenvalue weighted by molar-refractivity contribution is 7.84. The molecule has 1 aliphatic rings. The molecule has 3 atom stereocenters. The van der Waals surface area contributed by atoms with Gasteiger partial charge in [-0.1, -0.05) is 0 Å². The summed E-state index contributed by atoms with van der Waals surface area (Å²) in [4.78, 5) is 24.9. The van der Waals surface area contributed by atoms with Gasteiger partial charge >= 0.3 is 0 Å². The normalized spacial score (nSPS) is 27.8. The molecule has 92 valence electrons. The molecule has 6 heteroatoms. The zero-order valence-electron chi connectivity index (χ0n) is 9.86. The first-order chi connectivity index (χ1) is 7.43. The Labute approximate surface area is 98.0 Å². The van der Waals surface area contributed by atoms with E-state index in [1.54, 1.807) is 25.0 Å². The second-order valence-corrected chi connectivity index (χ2v) is 5.62. The van der Waals surface area contributed by atoms with Gasteiger partial charge in [-0.15, -0.1) is 0 Å². The van der Waals surface area contributed by atoms with Crippen LogP contribution in [0, 0.1) is 0 Å². The molecule has 1 fully saturated rings. The summed E-state index contributed by atoms with van der Waals surface area (Å²) in [6.07, 6.45) is 2.30. The molecule has 0 saturated carbocycles. The number of amides is 2. The van der Waals surface area contributed by atoms with Gasteiger partial charge in [0.2, 0.25) is 11.8 Å². The van der Waals surface area contributed by atoms with Crippen LogP contribution in [0.1, 0.15) is 20.3 Å². The number of rotatable bonds is 4. The molecule has 1 heterocycles. The Hall–Kier alpha value is -0.910. The predicted molar refractivity (Wildman–Crippen MR) is 62.3 cm³/mol. The fourth-order valence-corrected chi connectivity index (χ4v) is 2.25. The van der Waals surface area contributed by atoms with Crippen molar-refractivity contribution in [3.8, 4) is 0 Å². The van der Waals surface area contributed by atoms with Crippen molar-refractivity contribution in [2.45, 2.75) is 32.4 Å². The first-order valence-corrected chi connectivity index (χ1v) is 7.07. The van der Waals surface area contributed by atoms with E-state index in [4.69, 9.17) is 0 Å². The van der Waals surface area contributed by atoms with E-state index in [0.717, 1.165) is 0 Å². The Bertz CT molecular complexity index is 319. The first kappa shape index (κ1) is 13.2. The van der Waals surface area contributed by atoms with Crippen molar-refractivity contribution in [2.75, 3.05) is 18.6 Å². The second kappa shape index (κ2) is 5.43. The molecule has 16 heavy (non-hydrogen) atoms. The smallest absolute Gasteiger partial charge is 0.245 e. The van der Waals surface area contributed by atoms with Crippen LogP contribution in [0.25, 0.3) is 0 Å². The average molecular weight is 246 g/mol. The lowest BCUT2D eigenvalue weighted by Crippen LogP contribution is -2.61. The van der Waals surface area contributed by atoms with Gasteiger partial charge in [0.25, 0.3) is 0 Å². The molecule has 0 aliphatic carbocycles. The van der Waals surface area contributed by atoms with Gasteiger partial charge in [-0.3, -0.25) is 13.8 Å². The third kappa shape index (κ3) is 3.04. The fraction of sp³-hybridized carbons (Fsp3) is 0.800. The van der Waals surface area contributed by atoms with E-state index in [1.807, 2.05) is 0 Å². The topological polar surface area (TPSA) is 66.5 Å². The predicted octanol–water partition coefficient (Wildman–Crippen LogP) is -0.510. The van der Waals surface area contributed by atoms with Crippen molar-refractivity contribution in [1.29, 1.82) is 0 Å². The molecule has 1 aliphatic heterocycles. The molecule has 5 nitrogen and oxygen atoms in total. The Balaban J connectivity index is 2.57. The van der Waals surface area contributed by atoms with Crippen LogP contribution in [0.5, 0.6) is 0 Å². The van der Waals surface area contributed by atoms with Crippen molar-refractivity contribution < 1.29 is 13.8 Å². The number of nitrogens with zero attached hydrogens (tertiary/aromatic N) is 1. The molecule has 0 bridgehead atoms. The third-order valence-corrected chi connectivity index (χ3v) is 3.55.